The zero-order valence-corrected chi connectivity index (χ0v) is 13.3. The van der Waals surface area contributed by atoms with Crippen molar-refractivity contribution in [3.63, 3.8) is 0 Å². The van der Waals surface area contributed by atoms with E-state index in [1.807, 2.05) is 42.5 Å². The van der Waals surface area contributed by atoms with E-state index in [1.165, 1.54) is 0 Å². The number of hydrogen-bond acceptors (Lipinski definition) is 5. The standard InChI is InChI=1S/C18H21N3O2/c1-22-18-9-3-2-8-17(18)20-11-13-21(14-12-20)19-10-4-6-16-7-5-15-23-16/h2-10,15H,11-14H2,1H3/b6-4?,19-10-. The molecule has 0 N–H and O–H groups in total. The molecule has 1 fully saturated rings. The molecule has 0 amide bonds. The van der Waals surface area contributed by atoms with Gasteiger partial charge in [-0.25, -0.2) is 0 Å². The molecule has 5 nitrogen and oxygen atoms in total. The Morgan fingerprint density at radius 1 is 1.09 bits per heavy atom. The Bertz CT molecular complexity index is 657. The van der Waals surface area contributed by atoms with Crippen LogP contribution in [0.5, 0.6) is 5.75 Å². The second-order valence-electron chi connectivity index (χ2n) is 5.25. The van der Waals surface area contributed by atoms with Crippen molar-refractivity contribution in [2.75, 3.05) is 38.2 Å². The first-order valence-corrected chi connectivity index (χ1v) is 7.74. The number of piperazine rings is 1. The van der Waals surface area contributed by atoms with Crippen LogP contribution in [0.25, 0.3) is 6.08 Å². The third kappa shape index (κ3) is 3.94. The maximum Gasteiger partial charge on any atom is 0.142 e. The van der Waals surface area contributed by atoms with E-state index < -0.39 is 0 Å². The second kappa shape index (κ2) is 7.54. The third-order valence-electron chi connectivity index (χ3n) is 3.80. The van der Waals surface area contributed by atoms with Gasteiger partial charge < -0.3 is 14.1 Å². The number of furan rings is 1. The lowest BCUT2D eigenvalue weighted by Gasteiger charge is -2.35. The molecule has 1 aromatic heterocycles. The summed E-state index contributed by atoms with van der Waals surface area (Å²) in [7, 11) is 1.71. The van der Waals surface area contributed by atoms with E-state index in [0.717, 1.165) is 43.4 Å². The zero-order valence-electron chi connectivity index (χ0n) is 13.3. The topological polar surface area (TPSA) is 41.2 Å². The smallest absolute Gasteiger partial charge is 0.142 e. The van der Waals surface area contributed by atoms with Gasteiger partial charge >= 0.3 is 0 Å². The number of hydrogen-bond donors (Lipinski definition) is 0. The molecular formula is C18H21N3O2. The summed E-state index contributed by atoms with van der Waals surface area (Å²) in [6, 6.07) is 11.9. The van der Waals surface area contributed by atoms with Gasteiger partial charge in [-0.15, -0.1) is 0 Å². The average molecular weight is 311 g/mol. The molecule has 0 bridgehead atoms. The van der Waals surface area contributed by atoms with Crippen LogP contribution < -0.4 is 9.64 Å². The number of methoxy groups -OCH3 is 1. The van der Waals surface area contributed by atoms with Crippen LogP contribution in [0, 0.1) is 0 Å². The van der Waals surface area contributed by atoms with E-state index in [-0.39, 0.29) is 0 Å². The first-order chi connectivity index (χ1) is 11.4. The zero-order chi connectivity index (χ0) is 15.9. The molecule has 0 aliphatic carbocycles. The highest BCUT2D eigenvalue weighted by molar-refractivity contribution is 5.77. The van der Waals surface area contributed by atoms with Crippen LogP contribution in [0.4, 0.5) is 5.69 Å². The van der Waals surface area contributed by atoms with Gasteiger partial charge in [-0.1, -0.05) is 12.1 Å². The van der Waals surface area contributed by atoms with Gasteiger partial charge in [0.15, 0.2) is 0 Å². The third-order valence-corrected chi connectivity index (χ3v) is 3.80. The summed E-state index contributed by atoms with van der Waals surface area (Å²) in [5.74, 6) is 1.75. The van der Waals surface area contributed by atoms with Crippen molar-refractivity contribution in [1.82, 2.24) is 5.01 Å². The van der Waals surface area contributed by atoms with Crippen LogP contribution in [0.15, 0.2) is 58.3 Å². The highest BCUT2D eigenvalue weighted by Crippen LogP contribution is 2.28. The lowest BCUT2D eigenvalue weighted by molar-refractivity contribution is 0.271. The van der Waals surface area contributed by atoms with Crippen molar-refractivity contribution < 1.29 is 9.15 Å². The molecule has 0 atom stereocenters. The predicted molar refractivity (Wildman–Crippen MR) is 93.0 cm³/mol. The Kier molecular flexibility index (Phi) is 4.99. The van der Waals surface area contributed by atoms with Gasteiger partial charge in [-0.05, 0) is 36.4 Å². The van der Waals surface area contributed by atoms with Gasteiger partial charge in [0.25, 0.3) is 0 Å². The molecule has 1 aliphatic rings. The number of ether oxygens (including phenoxy) is 1. The van der Waals surface area contributed by atoms with E-state index >= 15 is 0 Å². The molecule has 120 valence electrons. The van der Waals surface area contributed by atoms with E-state index in [1.54, 1.807) is 19.6 Å². The van der Waals surface area contributed by atoms with Crippen molar-refractivity contribution in [2.24, 2.45) is 5.10 Å². The van der Waals surface area contributed by atoms with Gasteiger partial charge in [0.2, 0.25) is 0 Å². The summed E-state index contributed by atoms with van der Waals surface area (Å²) in [5, 5.41) is 6.56. The monoisotopic (exact) mass is 311 g/mol. The predicted octanol–water partition coefficient (Wildman–Crippen LogP) is 3.11. The van der Waals surface area contributed by atoms with Crippen molar-refractivity contribution in [3.8, 4) is 5.75 Å². The van der Waals surface area contributed by atoms with Crippen molar-refractivity contribution in [1.29, 1.82) is 0 Å². The quantitative estimate of drug-likeness (QED) is 0.796. The number of benzene rings is 1. The molecule has 1 aromatic carbocycles. The minimum Gasteiger partial charge on any atom is -0.495 e. The molecule has 2 heterocycles. The van der Waals surface area contributed by atoms with Crippen molar-refractivity contribution in [3.05, 3.63) is 54.5 Å². The molecule has 2 aromatic rings. The van der Waals surface area contributed by atoms with Crippen molar-refractivity contribution in [2.45, 2.75) is 0 Å². The lowest BCUT2D eigenvalue weighted by Crippen LogP contribution is -2.44. The molecule has 0 unspecified atom stereocenters. The number of anilines is 1. The average Bonchev–Trinajstić information content (AvgIpc) is 3.13. The van der Waals surface area contributed by atoms with Crippen LogP contribution in [0.2, 0.25) is 0 Å². The Morgan fingerprint density at radius 3 is 2.65 bits per heavy atom. The van der Waals surface area contributed by atoms with E-state index in [9.17, 15) is 0 Å². The molecule has 3 rings (SSSR count). The van der Waals surface area contributed by atoms with Gasteiger partial charge in [0.05, 0.1) is 32.1 Å². The molecule has 1 aliphatic heterocycles. The van der Waals surface area contributed by atoms with E-state index in [2.05, 4.69) is 21.1 Å². The summed E-state index contributed by atoms with van der Waals surface area (Å²) in [4.78, 5) is 2.34. The molecule has 23 heavy (non-hydrogen) atoms. The van der Waals surface area contributed by atoms with Crippen LogP contribution in [0.1, 0.15) is 5.76 Å². The number of allylic oxidation sites excluding steroid dienone is 1. The summed E-state index contributed by atoms with van der Waals surface area (Å²) in [5.41, 5.74) is 1.15. The Labute approximate surface area is 136 Å². The largest absolute Gasteiger partial charge is 0.495 e. The Morgan fingerprint density at radius 2 is 1.91 bits per heavy atom. The number of nitrogens with zero attached hydrogens (tertiary/aromatic N) is 3. The fourth-order valence-electron chi connectivity index (χ4n) is 2.60. The fraction of sp³-hybridized carbons (Fsp3) is 0.278. The molecule has 1 saturated heterocycles. The normalized spacial score (nSPS) is 15.7. The van der Waals surface area contributed by atoms with Crippen molar-refractivity contribution >= 4 is 18.0 Å². The fourth-order valence-corrected chi connectivity index (χ4v) is 2.60. The number of rotatable bonds is 5. The summed E-state index contributed by atoms with van der Waals surface area (Å²) in [6.45, 7) is 3.64. The molecule has 5 heteroatoms. The molecule has 0 saturated carbocycles. The minimum absolute atomic E-state index is 0.831. The first-order valence-electron chi connectivity index (χ1n) is 7.74. The summed E-state index contributed by atoms with van der Waals surface area (Å²) >= 11 is 0. The first kappa shape index (κ1) is 15.2. The molecule has 0 spiro atoms. The second-order valence-corrected chi connectivity index (χ2v) is 5.25. The lowest BCUT2D eigenvalue weighted by atomic mass is 10.2. The Hall–Kier alpha value is -2.69. The maximum absolute atomic E-state index is 5.44. The van der Waals surface area contributed by atoms with E-state index in [0.29, 0.717) is 0 Å². The van der Waals surface area contributed by atoms with Gasteiger partial charge in [-0.2, -0.15) is 5.10 Å². The van der Waals surface area contributed by atoms with Crippen LogP contribution >= 0.6 is 0 Å². The number of para-hydroxylation sites is 2. The SMILES string of the molecule is COc1ccccc1N1CCN(/N=C\C=Cc2ccco2)CC1. The van der Waals surface area contributed by atoms with Gasteiger partial charge in [0, 0.05) is 19.3 Å². The van der Waals surface area contributed by atoms with Gasteiger partial charge in [0.1, 0.15) is 11.5 Å². The minimum atomic E-state index is 0.831. The van der Waals surface area contributed by atoms with Crippen LogP contribution in [-0.4, -0.2) is 44.5 Å². The maximum atomic E-state index is 5.44. The molecular weight excluding hydrogens is 290 g/mol. The summed E-state index contributed by atoms with van der Waals surface area (Å²) in [6.07, 6.45) is 7.26. The van der Waals surface area contributed by atoms with Crippen LogP contribution in [-0.2, 0) is 0 Å². The molecule has 0 radical (unpaired) electrons. The highest BCUT2D eigenvalue weighted by Gasteiger charge is 2.17. The summed E-state index contributed by atoms with van der Waals surface area (Å²) < 4.78 is 10.7. The number of hydrazone groups is 1. The van der Waals surface area contributed by atoms with Gasteiger partial charge in [-0.3, -0.25) is 5.01 Å². The van der Waals surface area contributed by atoms with Crippen LogP contribution in [0.3, 0.4) is 0 Å². The highest BCUT2D eigenvalue weighted by atomic mass is 16.5. The van der Waals surface area contributed by atoms with E-state index in [4.69, 9.17) is 9.15 Å². The Balaban J connectivity index is 1.52.